The summed E-state index contributed by atoms with van der Waals surface area (Å²) in [6.07, 6.45) is -0.510. The van der Waals surface area contributed by atoms with E-state index in [0.717, 1.165) is 21.9 Å². The number of aromatic nitrogens is 2. The van der Waals surface area contributed by atoms with Gasteiger partial charge in [-0.1, -0.05) is 11.8 Å². The second-order valence-electron chi connectivity index (χ2n) is 3.77. The number of halogens is 1. The third-order valence-corrected chi connectivity index (χ3v) is 3.71. The van der Waals surface area contributed by atoms with Crippen LogP contribution in [-0.4, -0.2) is 39.4 Å². The van der Waals surface area contributed by atoms with Gasteiger partial charge >= 0.3 is 0 Å². The summed E-state index contributed by atoms with van der Waals surface area (Å²) in [5, 5.41) is 10.2. The lowest BCUT2D eigenvalue weighted by molar-refractivity contribution is 0.223. The summed E-state index contributed by atoms with van der Waals surface area (Å²) in [6.45, 7) is 2.59. The molecule has 2 N–H and O–H groups in total. The van der Waals surface area contributed by atoms with E-state index in [4.69, 9.17) is 16.3 Å². The summed E-state index contributed by atoms with van der Waals surface area (Å²) in [7, 11) is 0. The predicted molar refractivity (Wildman–Crippen MR) is 74.7 cm³/mol. The lowest BCUT2D eigenvalue weighted by atomic mass is 10.3. The van der Waals surface area contributed by atoms with E-state index in [1.54, 1.807) is 0 Å². The summed E-state index contributed by atoms with van der Waals surface area (Å²) < 4.78 is 5.43. The number of aliphatic hydroxyl groups is 1. The van der Waals surface area contributed by atoms with Crippen molar-refractivity contribution in [2.45, 2.75) is 18.2 Å². The van der Waals surface area contributed by atoms with Crippen LogP contribution in [0.1, 0.15) is 6.92 Å². The van der Waals surface area contributed by atoms with E-state index >= 15 is 0 Å². The molecule has 1 unspecified atom stereocenters. The molecular formula is C12H15ClN2O2S. The zero-order chi connectivity index (χ0) is 13.0. The van der Waals surface area contributed by atoms with Crippen molar-refractivity contribution in [3.63, 3.8) is 0 Å². The molecule has 0 fully saturated rings. The van der Waals surface area contributed by atoms with Crippen LogP contribution in [0.5, 0.6) is 5.75 Å². The number of aromatic amines is 1. The van der Waals surface area contributed by atoms with Gasteiger partial charge in [-0.25, -0.2) is 4.98 Å². The lowest BCUT2D eigenvalue weighted by Gasteiger charge is -2.02. The van der Waals surface area contributed by atoms with Crippen LogP contribution in [-0.2, 0) is 0 Å². The van der Waals surface area contributed by atoms with Crippen molar-refractivity contribution >= 4 is 34.4 Å². The third-order valence-electron chi connectivity index (χ3n) is 2.33. The van der Waals surface area contributed by atoms with Crippen molar-refractivity contribution in [2.75, 3.05) is 18.2 Å². The van der Waals surface area contributed by atoms with Gasteiger partial charge in [0.2, 0.25) is 0 Å². The van der Waals surface area contributed by atoms with Crippen LogP contribution in [0.4, 0.5) is 0 Å². The Morgan fingerprint density at radius 3 is 3.11 bits per heavy atom. The normalized spacial score (nSPS) is 12.8. The number of nitrogens with one attached hydrogen (secondary N) is 1. The van der Waals surface area contributed by atoms with Crippen LogP contribution >= 0.6 is 23.4 Å². The fourth-order valence-electron chi connectivity index (χ4n) is 1.51. The first-order valence-electron chi connectivity index (χ1n) is 5.72. The number of fused-ring (bicyclic) bond motifs is 1. The molecule has 0 spiro atoms. The van der Waals surface area contributed by atoms with Gasteiger partial charge in [0.05, 0.1) is 23.7 Å². The molecule has 2 rings (SSSR count). The summed E-state index contributed by atoms with van der Waals surface area (Å²) in [5.41, 5.74) is 1.82. The monoisotopic (exact) mass is 286 g/mol. The van der Waals surface area contributed by atoms with Crippen molar-refractivity contribution in [1.82, 2.24) is 9.97 Å². The van der Waals surface area contributed by atoms with Crippen molar-refractivity contribution in [3.05, 3.63) is 18.2 Å². The first kappa shape index (κ1) is 13.5. The molecule has 6 heteroatoms. The van der Waals surface area contributed by atoms with Gasteiger partial charge in [-0.3, -0.25) is 0 Å². The number of rotatable bonds is 6. The van der Waals surface area contributed by atoms with Crippen LogP contribution in [0.2, 0.25) is 0 Å². The first-order valence-corrected chi connectivity index (χ1v) is 7.24. The Morgan fingerprint density at radius 2 is 2.39 bits per heavy atom. The lowest BCUT2D eigenvalue weighted by Crippen LogP contribution is -2.11. The Hall–Kier alpha value is -0.910. The van der Waals surface area contributed by atoms with E-state index in [-0.39, 0.29) is 5.88 Å². The highest BCUT2D eigenvalue weighted by Gasteiger charge is 2.08. The molecule has 1 aromatic carbocycles. The SMILES string of the molecule is CCOc1ccc2nc(SCC(O)CCl)[nH]c2c1. The molecule has 1 heterocycles. The second-order valence-corrected chi connectivity index (χ2v) is 5.09. The maximum atomic E-state index is 9.39. The van der Waals surface area contributed by atoms with Crippen molar-refractivity contribution in [2.24, 2.45) is 0 Å². The van der Waals surface area contributed by atoms with E-state index in [0.29, 0.717) is 12.4 Å². The molecule has 0 radical (unpaired) electrons. The van der Waals surface area contributed by atoms with Gasteiger partial charge in [-0.2, -0.15) is 0 Å². The third kappa shape index (κ3) is 3.31. The fourth-order valence-corrected chi connectivity index (χ4v) is 2.56. The smallest absolute Gasteiger partial charge is 0.166 e. The standard InChI is InChI=1S/C12H15ClN2O2S/c1-2-17-9-3-4-10-11(5-9)15-12(14-10)18-7-8(16)6-13/h3-5,8,16H,2,6-7H2,1H3,(H,14,15). The number of hydrogen-bond donors (Lipinski definition) is 2. The number of alkyl halides is 1. The Morgan fingerprint density at radius 1 is 1.56 bits per heavy atom. The van der Waals surface area contributed by atoms with Gasteiger partial charge in [0.25, 0.3) is 0 Å². The van der Waals surface area contributed by atoms with Gasteiger partial charge in [-0.15, -0.1) is 11.6 Å². The van der Waals surface area contributed by atoms with Crippen LogP contribution in [0.25, 0.3) is 11.0 Å². The number of benzene rings is 1. The van der Waals surface area contributed by atoms with Gasteiger partial charge in [0, 0.05) is 17.7 Å². The van der Waals surface area contributed by atoms with E-state index < -0.39 is 6.10 Å². The van der Waals surface area contributed by atoms with Crippen molar-refractivity contribution in [3.8, 4) is 5.75 Å². The summed E-state index contributed by atoms with van der Waals surface area (Å²) in [4.78, 5) is 7.61. The number of ether oxygens (including phenoxy) is 1. The van der Waals surface area contributed by atoms with Crippen LogP contribution in [0.3, 0.4) is 0 Å². The largest absolute Gasteiger partial charge is 0.494 e. The molecule has 18 heavy (non-hydrogen) atoms. The van der Waals surface area contributed by atoms with E-state index in [2.05, 4.69) is 9.97 Å². The molecule has 4 nitrogen and oxygen atoms in total. The molecule has 0 aliphatic heterocycles. The molecule has 2 aromatic rings. The highest BCUT2D eigenvalue weighted by molar-refractivity contribution is 7.99. The van der Waals surface area contributed by atoms with E-state index in [1.807, 2.05) is 25.1 Å². The Kier molecular flexibility index (Phi) is 4.74. The van der Waals surface area contributed by atoms with Crippen LogP contribution in [0.15, 0.2) is 23.4 Å². The summed E-state index contributed by atoms with van der Waals surface area (Å²) >= 11 is 7.00. The first-order chi connectivity index (χ1) is 8.72. The van der Waals surface area contributed by atoms with Gasteiger partial charge in [-0.05, 0) is 19.1 Å². The Labute approximate surface area is 115 Å². The number of thioether (sulfide) groups is 1. The topological polar surface area (TPSA) is 58.1 Å². The zero-order valence-electron chi connectivity index (χ0n) is 10.0. The molecular weight excluding hydrogens is 272 g/mol. The second kappa shape index (κ2) is 6.31. The van der Waals surface area contributed by atoms with Gasteiger partial charge in [0.1, 0.15) is 5.75 Å². The van der Waals surface area contributed by atoms with E-state index in [9.17, 15) is 5.11 Å². The average molecular weight is 287 g/mol. The average Bonchev–Trinajstić information content (AvgIpc) is 2.78. The minimum Gasteiger partial charge on any atom is -0.494 e. The molecule has 1 atom stereocenters. The van der Waals surface area contributed by atoms with Crippen LogP contribution in [0, 0.1) is 0 Å². The predicted octanol–water partition coefficient (Wildman–Crippen LogP) is 2.65. The number of imidazole rings is 1. The molecule has 1 aromatic heterocycles. The van der Waals surface area contributed by atoms with Gasteiger partial charge < -0.3 is 14.8 Å². The zero-order valence-corrected chi connectivity index (χ0v) is 11.6. The maximum absolute atomic E-state index is 9.39. The maximum Gasteiger partial charge on any atom is 0.166 e. The Balaban J connectivity index is 2.11. The number of nitrogens with zero attached hydrogens (tertiary/aromatic N) is 1. The quantitative estimate of drug-likeness (QED) is 0.633. The van der Waals surface area contributed by atoms with E-state index in [1.165, 1.54) is 11.8 Å². The van der Waals surface area contributed by atoms with Crippen molar-refractivity contribution < 1.29 is 9.84 Å². The Bertz CT molecular complexity index is 518. The minimum absolute atomic E-state index is 0.238. The van der Waals surface area contributed by atoms with Crippen LogP contribution < -0.4 is 4.74 Å². The molecule has 0 aliphatic rings. The number of H-pyrrole nitrogens is 1. The molecule has 0 saturated heterocycles. The minimum atomic E-state index is -0.510. The fraction of sp³-hybridized carbons (Fsp3) is 0.417. The molecule has 98 valence electrons. The highest BCUT2D eigenvalue weighted by Crippen LogP contribution is 2.23. The number of hydrogen-bond acceptors (Lipinski definition) is 4. The number of aliphatic hydroxyl groups excluding tert-OH is 1. The summed E-state index contributed by atoms with van der Waals surface area (Å²) in [5.74, 6) is 1.59. The molecule has 0 aliphatic carbocycles. The molecule has 0 amide bonds. The highest BCUT2D eigenvalue weighted by atomic mass is 35.5. The summed E-state index contributed by atoms with van der Waals surface area (Å²) in [6, 6.07) is 5.74. The molecule has 0 bridgehead atoms. The van der Waals surface area contributed by atoms with Gasteiger partial charge in [0.15, 0.2) is 5.16 Å². The van der Waals surface area contributed by atoms with Crippen molar-refractivity contribution in [1.29, 1.82) is 0 Å². The molecule has 0 saturated carbocycles.